The molecule has 0 aliphatic rings. The third kappa shape index (κ3) is 4.03. The van der Waals surface area contributed by atoms with Gasteiger partial charge in [-0.25, -0.2) is 4.39 Å². The second-order valence-corrected chi connectivity index (χ2v) is 5.70. The zero-order chi connectivity index (χ0) is 14.5. The van der Waals surface area contributed by atoms with Crippen molar-refractivity contribution in [2.45, 2.75) is 20.0 Å². The zero-order valence-electron chi connectivity index (χ0n) is 10.9. The van der Waals surface area contributed by atoms with Gasteiger partial charge in [0.1, 0.15) is 5.82 Å². The summed E-state index contributed by atoms with van der Waals surface area (Å²) in [6.07, 6.45) is 0. The number of carbonyl (C=O) groups is 1. The van der Waals surface area contributed by atoms with Crippen molar-refractivity contribution in [2.75, 3.05) is 5.32 Å². The number of thiophene rings is 1. The van der Waals surface area contributed by atoms with Crippen LogP contribution in [0, 0.1) is 5.82 Å². The van der Waals surface area contributed by atoms with Crippen LogP contribution in [0.25, 0.3) is 0 Å². The van der Waals surface area contributed by atoms with Gasteiger partial charge in [0.15, 0.2) is 0 Å². The van der Waals surface area contributed by atoms with Crippen LogP contribution in [-0.4, -0.2) is 5.91 Å². The Kier molecular flexibility index (Phi) is 5.11. The normalized spacial score (nSPS) is 10.6. The van der Waals surface area contributed by atoms with Crippen LogP contribution in [0.3, 0.4) is 0 Å². The molecule has 1 heterocycles. The van der Waals surface area contributed by atoms with Crippen LogP contribution in [0.5, 0.6) is 0 Å². The van der Waals surface area contributed by atoms with E-state index < -0.39 is 5.82 Å². The molecule has 0 radical (unpaired) electrons. The number of anilines is 1. The minimum atomic E-state index is -0.415. The van der Waals surface area contributed by atoms with Gasteiger partial charge in [-0.2, -0.15) is 0 Å². The van der Waals surface area contributed by atoms with Crippen molar-refractivity contribution in [1.29, 1.82) is 0 Å². The van der Waals surface area contributed by atoms with E-state index in [1.54, 1.807) is 23.5 Å². The van der Waals surface area contributed by atoms with Gasteiger partial charge in [-0.05, 0) is 29.1 Å². The second-order valence-electron chi connectivity index (χ2n) is 4.29. The molecule has 0 bridgehead atoms. The molecular weight excluding hydrogens is 299 g/mol. The summed E-state index contributed by atoms with van der Waals surface area (Å²) in [5.41, 5.74) is 1.74. The predicted molar refractivity (Wildman–Crippen MR) is 80.6 cm³/mol. The summed E-state index contributed by atoms with van der Waals surface area (Å²) in [6, 6.07) is 6.52. The van der Waals surface area contributed by atoms with Crippen LogP contribution < -0.4 is 10.6 Å². The smallest absolute Gasteiger partial charge is 0.221 e. The Morgan fingerprint density at radius 1 is 1.35 bits per heavy atom. The lowest BCUT2D eigenvalue weighted by Gasteiger charge is -2.07. The highest BCUT2D eigenvalue weighted by molar-refractivity contribution is 7.10. The van der Waals surface area contributed by atoms with Crippen LogP contribution >= 0.6 is 22.9 Å². The molecule has 0 spiro atoms. The summed E-state index contributed by atoms with van der Waals surface area (Å²) in [4.78, 5) is 12.1. The van der Waals surface area contributed by atoms with Gasteiger partial charge in [-0.15, -0.1) is 11.3 Å². The van der Waals surface area contributed by atoms with Crippen molar-refractivity contribution < 1.29 is 9.18 Å². The van der Waals surface area contributed by atoms with E-state index in [4.69, 9.17) is 11.6 Å². The molecule has 3 nitrogen and oxygen atoms in total. The maximum atomic E-state index is 13.0. The lowest BCUT2D eigenvalue weighted by atomic mass is 10.2. The fourth-order valence-corrected chi connectivity index (χ4v) is 2.75. The topological polar surface area (TPSA) is 41.1 Å². The van der Waals surface area contributed by atoms with Crippen molar-refractivity contribution in [3.8, 4) is 0 Å². The lowest BCUT2D eigenvalue weighted by molar-refractivity contribution is -0.114. The maximum absolute atomic E-state index is 13.0. The van der Waals surface area contributed by atoms with Crippen molar-refractivity contribution in [2.24, 2.45) is 0 Å². The van der Waals surface area contributed by atoms with E-state index in [-0.39, 0.29) is 10.9 Å². The highest BCUT2D eigenvalue weighted by atomic mass is 35.5. The summed E-state index contributed by atoms with van der Waals surface area (Å²) in [5, 5.41) is 8.07. The van der Waals surface area contributed by atoms with Crippen LogP contribution in [0.2, 0.25) is 5.02 Å². The first kappa shape index (κ1) is 15.0. The number of carbonyl (C=O) groups excluding carboxylic acids is 1. The molecule has 2 rings (SSSR count). The first-order valence-corrected chi connectivity index (χ1v) is 7.30. The Labute approximate surface area is 125 Å². The van der Waals surface area contributed by atoms with Crippen molar-refractivity contribution in [3.05, 3.63) is 50.9 Å². The van der Waals surface area contributed by atoms with Crippen molar-refractivity contribution >= 4 is 34.5 Å². The Morgan fingerprint density at radius 2 is 2.15 bits per heavy atom. The summed E-state index contributed by atoms with van der Waals surface area (Å²) in [6.45, 7) is 2.69. The van der Waals surface area contributed by atoms with Gasteiger partial charge >= 0.3 is 0 Å². The van der Waals surface area contributed by atoms with E-state index in [9.17, 15) is 9.18 Å². The second kappa shape index (κ2) is 6.83. The number of rotatable bonds is 5. The fraction of sp³-hybridized carbons (Fsp3) is 0.214. The van der Waals surface area contributed by atoms with E-state index in [1.165, 1.54) is 13.0 Å². The lowest BCUT2D eigenvalue weighted by Crippen LogP contribution is -2.14. The Balaban J connectivity index is 1.91. The van der Waals surface area contributed by atoms with E-state index >= 15 is 0 Å². The Morgan fingerprint density at radius 3 is 2.85 bits per heavy atom. The van der Waals surface area contributed by atoms with Gasteiger partial charge in [0.05, 0.1) is 10.7 Å². The molecule has 0 saturated heterocycles. The van der Waals surface area contributed by atoms with Crippen molar-refractivity contribution in [3.63, 3.8) is 0 Å². The van der Waals surface area contributed by atoms with Gasteiger partial charge in [0, 0.05) is 24.9 Å². The van der Waals surface area contributed by atoms with E-state index in [0.29, 0.717) is 13.1 Å². The molecule has 0 saturated carbocycles. The van der Waals surface area contributed by atoms with Gasteiger partial charge in [-0.1, -0.05) is 17.7 Å². The van der Waals surface area contributed by atoms with E-state index in [1.807, 2.05) is 11.4 Å². The largest absolute Gasteiger partial charge is 0.325 e. The molecule has 0 aliphatic carbocycles. The summed E-state index contributed by atoms with van der Waals surface area (Å²) in [5.74, 6) is -0.503. The van der Waals surface area contributed by atoms with Crippen LogP contribution in [0.4, 0.5) is 10.1 Å². The molecule has 20 heavy (non-hydrogen) atoms. The van der Waals surface area contributed by atoms with Crippen LogP contribution in [0.1, 0.15) is 17.4 Å². The summed E-state index contributed by atoms with van der Waals surface area (Å²) < 4.78 is 13.0. The molecule has 1 amide bonds. The van der Waals surface area contributed by atoms with Gasteiger partial charge in [0.25, 0.3) is 0 Å². The zero-order valence-corrected chi connectivity index (χ0v) is 12.4. The number of benzene rings is 1. The number of hydrogen-bond donors (Lipinski definition) is 2. The average molecular weight is 313 g/mol. The maximum Gasteiger partial charge on any atom is 0.221 e. The third-order valence-electron chi connectivity index (χ3n) is 2.65. The number of nitrogens with one attached hydrogen (secondary N) is 2. The molecule has 2 N–H and O–H groups in total. The molecular formula is C14H14ClFN2OS. The SMILES string of the molecule is CC(=O)Nc1ccsc1CNCc1ccc(F)c(Cl)c1. The number of halogens is 2. The predicted octanol–water partition coefficient (Wildman–Crippen LogP) is 3.79. The van der Waals surface area contributed by atoms with Crippen LogP contribution in [0.15, 0.2) is 29.6 Å². The highest BCUT2D eigenvalue weighted by Crippen LogP contribution is 2.22. The quantitative estimate of drug-likeness (QED) is 0.882. The van der Waals surface area contributed by atoms with E-state index in [0.717, 1.165) is 16.1 Å². The molecule has 0 aliphatic heterocycles. The fourth-order valence-electron chi connectivity index (χ4n) is 1.75. The third-order valence-corrected chi connectivity index (χ3v) is 3.87. The van der Waals surface area contributed by atoms with Crippen LogP contribution in [-0.2, 0) is 17.9 Å². The average Bonchev–Trinajstić information content (AvgIpc) is 2.80. The van der Waals surface area contributed by atoms with Gasteiger partial charge in [-0.3, -0.25) is 4.79 Å². The Bertz CT molecular complexity index is 615. The van der Waals surface area contributed by atoms with Gasteiger partial charge < -0.3 is 10.6 Å². The number of hydrogen-bond acceptors (Lipinski definition) is 3. The summed E-state index contributed by atoms with van der Waals surface area (Å²) >= 11 is 7.30. The standard InChI is InChI=1S/C14H14ClFN2OS/c1-9(19)18-13-4-5-20-14(13)8-17-7-10-2-3-12(16)11(15)6-10/h2-6,17H,7-8H2,1H3,(H,18,19). The first-order chi connectivity index (χ1) is 9.56. The van der Waals surface area contributed by atoms with Gasteiger partial charge in [0.2, 0.25) is 5.91 Å². The molecule has 0 unspecified atom stereocenters. The molecule has 0 fully saturated rings. The summed E-state index contributed by atoms with van der Waals surface area (Å²) in [7, 11) is 0. The monoisotopic (exact) mass is 312 g/mol. The van der Waals surface area contributed by atoms with E-state index in [2.05, 4.69) is 10.6 Å². The molecule has 1 aromatic heterocycles. The number of amides is 1. The molecule has 0 atom stereocenters. The minimum absolute atomic E-state index is 0.0880. The molecule has 1 aromatic carbocycles. The molecule has 2 aromatic rings. The van der Waals surface area contributed by atoms with Crippen molar-refractivity contribution in [1.82, 2.24) is 5.32 Å². The molecule has 6 heteroatoms. The Hall–Kier alpha value is -1.43. The highest BCUT2D eigenvalue weighted by Gasteiger charge is 2.06. The first-order valence-electron chi connectivity index (χ1n) is 6.05. The minimum Gasteiger partial charge on any atom is -0.325 e. The molecule has 106 valence electrons.